The molecule has 0 unspecified atom stereocenters. The Morgan fingerprint density at radius 1 is 1.26 bits per heavy atom. The Morgan fingerprint density at radius 2 is 1.89 bits per heavy atom. The molecule has 1 aromatic rings. The van der Waals surface area contributed by atoms with Crippen molar-refractivity contribution >= 4 is 23.4 Å². The van der Waals surface area contributed by atoms with E-state index in [4.69, 9.17) is 11.6 Å². The summed E-state index contributed by atoms with van der Waals surface area (Å²) in [5.74, 6) is -0.342. The highest BCUT2D eigenvalue weighted by Crippen LogP contribution is 2.20. The lowest BCUT2D eigenvalue weighted by molar-refractivity contribution is -0.124. The molecule has 5 nitrogen and oxygen atoms in total. The van der Waals surface area contributed by atoms with Crippen LogP contribution in [0.5, 0.6) is 0 Å². The van der Waals surface area contributed by atoms with E-state index in [0.29, 0.717) is 19.0 Å². The molecule has 1 aromatic carbocycles. The highest BCUT2D eigenvalue weighted by molar-refractivity contribution is 6.31. The normalized spacial score (nSPS) is 16.2. The summed E-state index contributed by atoms with van der Waals surface area (Å²) in [7, 11) is 1.73. The molecule has 1 N–H and O–H groups in total. The van der Waals surface area contributed by atoms with Crippen LogP contribution in [0.3, 0.4) is 0 Å². The van der Waals surface area contributed by atoms with Crippen LogP contribution in [0.1, 0.15) is 44.0 Å². The average molecular weight is 398 g/mol. The van der Waals surface area contributed by atoms with Crippen LogP contribution < -0.4 is 5.32 Å². The first-order chi connectivity index (χ1) is 12.5. The van der Waals surface area contributed by atoms with Gasteiger partial charge in [-0.3, -0.25) is 14.5 Å². The van der Waals surface area contributed by atoms with Crippen molar-refractivity contribution in [3.63, 3.8) is 0 Å². The van der Waals surface area contributed by atoms with Gasteiger partial charge in [0.2, 0.25) is 5.91 Å². The number of benzene rings is 1. The number of nitrogens with zero attached hydrogens (tertiary/aromatic N) is 2. The molecule has 27 heavy (non-hydrogen) atoms. The summed E-state index contributed by atoms with van der Waals surface area (Å²) < 4.78 is 13.5. The molecule has 7 heteroatoms. The third-order valence-electron chi connectivity index (χ3n) is 4.58. The summed E-state index contributed by atoms with van der Waals surface area (Å²) >= 11 is 5.84. The van der Waals surface area contributed by atoms with Gasteiger partial charge in [-0.05, 0) is 70.8 Å². The summed E-state index contributed by atoms with van der Waals surface area (Å²) in [6, 6.07) is 3.88. The number of likely N-dealkylation sites (tertiary alicyclic amines) is 1. The van der Waals surface area contributed by atoms with E-state index in [9.17, 15) is 14.0 Å². The number of nitrogens with one attached hydrogen (secondary N) is 1. The minimum Gasteiger partial charge on any atom is -0.350 e. The molecule has 150 valence electrons. The molecular weight excluding hydrogens is 369 g/mol. The van der Waals surface area contributed by atoms with Gasteiger partial charge in [0.25, 0.3) is 5.91 Å². The second kappa shape index (κ2) is 9.02. The van der Waals surface area contributed by atoms with E-state index >= 15 is 0 Å². The average Bonchev–Trinajstić information content (AvgIpc) is 2.53. The molecule has 0 bridgehead atoms. The van der Waals surface area contributed by atoms with Gasteiger partial charge < -0.3 is 10.2 Å². The molecule has 0 aromatic heterocycles. The standard InChI is InChI=1S/C20H29ClFN3O2/c1-20(2,3)23-18(26)13-25-7-5-14(6-8-25)12-24(4)19(27)15-9-16(21)11-17(22)10-15/h9-11,14H,5-8,12-13H2,1-4H3,(H,23,26). The van der Waals surface area contributed by atoms with E-state index in [1.165, 1.54) is 18.2 Å². The van der Waals surface area contributed by atoms with E-state index < -0.39 is 5.82 Å². The first-order valence-corrected chi connectivity index (χ1v) is 9.66. The minimum absolute atomic E-state index is 0.0382. The Kier molecular flexibility index (Phi) is 7.23. The summed E-state index contributed by atoms with van der Waals surface area (Å²) in [6.07, 6.45) is 1.84. The third kappa shape index (κ3) is 7.11. The van der Waals surface area contributed by atoms with Gasteiger partial charge in [0, 0.05) is 29.7 Å². The van der Waals surface area contributed by atoms with E-state index in [1.807, 2.05) is 20.8 Å². The van der Waals surface area contributed by atoms with Gasteiger partial charge in [0.15, 0.2) is 0 Å². The predicted octanol–water partition coefficient (Wildman–Crippen LogP) is 3.18. The van der Waals surface area contributed by atoms with Crippen molar-refractivity contribution in [2.45, 2.75) is 39.2 Å². The smallest absolute Gasteiger partial charge is 0.253 e. The minimum atomic E-state index is -0.513. The van der Waals surface area contributed by atoms with E-state index in [1.54, 1.807) is 11.9 Å². The van der Waals surface area contributed by atoms with Gasteiger partial charge in [-0.1, -0.05) is 11.6 Å². The zero-order valence-corrected chi connectivity index (χ0v) is 17.3. The Hall–Kier alpha value is -1.66. The molecule has 2 rings (SSSR count). The second-order valence-corrected chi connectivity index (χ2v) is 8.80. The van der Waals surface area contributed by atoms with Gasteiger partial charge in [0.05, 0.1) is 6.54 Å². The van der Waals surface area contributed by atoms with Gasteiger partial charge >= 0.3 is 0 Å². The molecule has 0 radical (unpaired) electrons. The van der Waals surface area contributed by atoms with E-state index in [2.05, 4.69) is 10.2 Å². The number of carbonyl (C=O) groups is 2. The Balaban J connectivity index is 1.81. The monoisotopic (exact) mass is 397 g/mol. The zero-order chi connectivity index (χ0) is 20.2. The first-order valence-electron chi connectivity index (χ1n) is 9.28. The lowest BCUT2D eigenvalue weighted by Gasteiger charge is -2.34. The van der Waals surface area contributed by atoms with Crippen molar-refractivity contribution < 1.29 is 14.0 Å². The number of amides is 2. The zero-order valence-electron chi connectivity index (χ0n) is 16.5. The molecule has 0 aliphatic carbocycles. The molecule has 0 spiro atoms. The maximum absolute atomic E-state index is 13.5. The molecule has 1 heterocycles. The fourth-order valence-electron chi connectivity index (χ4n) is 3.36. The van der Waals surface area contributed by atoms with Crippen LogP contribution in [0, 0.1) is 11.7 Å². The topological polar surface area (TPSA) is 52.6 Å². The number of piperidine rings is 1. The first kappa shape index (κ1) is 21.6. The largest absolute Gasteiger partial charge is 0.350 e. The Bertz CT molecular complexity index is 662. The van der Waals surface area contributed by atoms with Gasteiger partial charge in [0.1, 0.15) is 5.82 Å². The number of hydrogen-bond acceptors (Lipinski definition) is 3. The van der Waals surface area contributed by atoms with Crippen LogP contribution in [0.2, 0.25) is 5.02 Å². The van der Waals surface area contributed by atoms with Gasteiger partial charge in [-0.15, -0.1) is 0 Å². The fraction of sp³-hybridized carbons (Fsp3) is 0.600. The summed E-state index contributed by atoms with van der Waals surface area (Å²) in [6.45, 7) is 8.57. The molecule has 0 atom stereocenters. The molecule has 1 aliphatic rings. The van der Waals surface area contributed by atoms with Crippen LogP contribution >= 0.6 is 11.6 Å². The SMILES string of the molecule is CN(CC1CCN(CC(=O)NC(C)(C)C)CC1)C(=O)c1cc(F)cc(Cl)c1. The third-order valence-corrected chi connectivity index (χ3v) is 4.80. The summed E-state index contributed by atoms with van der Waals surface area (Å²) in [4.78, 5) is 28.3. The summed E-state index contributed by atoms with van der Waals surface area (Å²) in [5, 5.41) is 3.19. The van der Waals surface area contributed by atoms with Crippen molar-refractivity contribution in [2.75, 3.05) is 33.2 Å². The molecule has 1 fully saturated rings. The maximum atomic E-state index is 13.5. The molecular formula is C20H29ClFN3O2. The Labute approximate surface area is 165 Å². The summed E-state index contributed by atoms with van der Waals surface area (Å²) in [5.41, 5.74) is 0.0388. The van der Waals surface area contributed by atoms with Crippen molar-refractivity contribution in [2.24, 2.45) is 5.92 Å². The molecule has 1 saturated heterocycles. The van der Waals surface area contributed by atoms with Crippen molar-refractivity contribution in [1.29, 1.82) is 0 Å². The van der Waals surface area contributed by atoms with Crippen LogP contribution in [-0.4, -0.2) is 60.4 Å². The highest BCUT2D eigenvalue weighted by atomic mass is 35.5. The van der Waals surface area contributed by atoms with Crippen molar-refractivity contribution in [3.8, 4) is 0 Å². The second-order valence-electron chi connectivity index (χ2n) is 8.36. The number of halogens is 2. The van der Waals surface area contributed by atoms with Crippen LogP contribution in [-0.2, 0) is 4.79 Å². The van der Waals surface area contributed by atoms with E-state index in [-0.39, 0.29) is 27.9 Å². The van der Waals surface area contributed by atoms with Crippen molar-refractivity contribution in [3.05, 3.63) is 34.6 Å². The molecule has 1 aliphatic heterocycles. The quantitative estimate of drug-likeness (QED) is 0.830. The van der Waals surface area contributed by atoms with Crippen LogP contribution in [0.4, 0.5) is 4.39 Å². The maximum Gasteiger partial charge on any atom is 0.253 e. The predicted molar refractivity (Wildman–Crippen MR) is 105 cm³/mol. The van der Waals surface area contributed by atoms with Gasteiger partial charge in [-0.25, -0.2) is 4.39 Å². The Morgan fingerprint density at radius 3 is 2.44 bits per heavy atom. The number of rotatable bonds is 5. The van der Waals surface area contributed by atoms with Crippen molar-refractivity contribution in [1.82, 2.24) is 15.1 Å². The van der Waals surface area contributed by atoms with Crippen LogP contribution in [0.25, 0.3) is 0 Å². The van der Waals surface area contributed by atoms with Crippen LogP contribution in [0.15, 0.2) is 18.2 Å². The lowest BCUT2D eigenvalue weighted by atomic mass is 9.96. The molecule has 2 amide bonds. The number of hydrogen-bond donors (Lipinski definition) is 1. The molecule has 0 saturated carbocycles. The fourth-order valence-corrected chi connectivity index (χ4v) is 3.58. The highest BCUT2D eigenvalue weighted by Gasteiger charge is 2.25. The lowest BCUT2D eigenvalue weighted by Crippen LogP contribution is -2.48. The van der Waals surface area contributed by atoms with Gasteiger partial charge in [-0.2, -0.15) is 0 Å². The van der Waals surface area contributed by atoms with E-state index in [0.717, 1.165) is 25.9 Å². The number of carbonyl (C=O) groups excluding carboxylic acids is 2.